The minimum Gasteiger partial charge on any atom is -0.378 e. The quantitative estimate of drug-likeness (QED) is 0.762. The lowest BCUT2D eigenvalue weighted by Crippen LogP contribution is -2.51. The lowest BCUT2D eigenvalue weighted by Gasteiger charge is -2.42. The van der Waals surface area contributed by atoms with Crippen molar-refractivity contribution in [3.63, 3.8) is 0 Å². The molecule has 140 valence electrons. The highest BCUT2D eigenvalue weighted by Gasteiger charge is 2.37. The van der Waals surface area contributed by atoms with Crippen LogP contribution in [0.1, 0.15) is 38.5 Å². The number of nitrogens with zero attached hydrogens (tertiary/aromatic N) is 3. The first-order chi connectivity index (χ1) is 12.2. The van der Waals surface area contributed by atoms with Crippen LogP contribution in [0, 0.1) is 11.8 Å². The van der Waals surface area contributed by atoms with Crippen molar-refractivity contribution in [3.05, 3.63) is 0 Å². The van der Waals surface area contributed by atoms with E-state index in [-0.39, 0.29) is 5.92 Å². The number of ether oxygens (including phenoxy) is 1. The normalized spacial score (nSPS) is 27.5. The van der Waals surface area contributed by atoms with E-state index in [0.29, 0.717) is 37.0 Å². The van der Waals surface area contributed by atoms with Crippen LogP contribution in [0.2, 0.25) is 0 Å². The minimum absolute atomic E-state index is 0.200. The highest BCUT2D eigenvalue weighted by atomic mass is 16.5. The molecule has 6 nitrogen and oxygen atoms in total. The van der Waals surface area contributed by atoms with Crippen molar-refractivity contribution in [3.8, 4) is 0 Å². The molecule has 0 spiro atoms. The van der Waals surface area contributed by atoms with Crippen molar-refractivity contribution in [2.45, 2.75) is 44.6 Å². The van der Waals surface area contributed by atoms with Gasteiger partial charge in [-0.1, -0.05) is 0 Å². The Morgan fingerprint density at radius 3 is 1.72 bits per heavy atom. The van der Waals surface area contributed by atoms with E-state index < -0.39 is 0 Å². The van der Waals surface area contributed by atoms with Gasteiger partial charge in [0, 0.05) is 44.1 Å². The first kappa shape index (κ1) is 17.3. The fourth-order valence-electron chi connectivity index (χ4n) is 4.59. The first-order valence-corrected chi connectivity index (χ1v) is 10.1. The second-order valence-corrected chi connectivity index (χ2v) is 8.08. The van der Waals surface area contributed by atoms with Crippen LogP contribution in [-0.4, -0.2) is 85.0 Å². The molecule has 0 bridgehead atoms. The molecule has 0 N–H and O–H groups in total. The summed E-state index contributed by atoms with van der Waals surface area (Å²) in [6.07, 6.45) is 6.36. The van der Waals surface area contributed by atoms with Crippen molar-refractivity contribution < 1.29 is 14.3 Å². The molecule has 0 atom stereocenters. The summed E-state index contributed by atoms with van der Waals surface area (Å²) in [6, 6.07) is 0.600. The van der Waals surface area contributed by atoms with Crippen LogP contribution in [0.25, 0.3) is 0 Å². The van der Waals surface area contributed by atoms with Crippen molar-refractivity contribution in [2.75, 3.05) is 52.5 Å². The Labute approximate surface area is 150 Å². The average Bonchev–Trinajstić information content (AvgIpc) is 3.53. The summed E-state index contributed by atoms with van der Waals surface area (Å²) in [4.78, 5) is 31.5. The highest BCUT2D eigenvalue weighted by molar-refractivity contribution is 5.81. The number of piperidine rings is 2. The minimum atomic E-state index is 0.200. The third-order valence-corrected chi connectivity index (χ3v) is 6.42. The zero-order valence-corrected chi connectivity index (χ0v) is 15.2. The van der Waals surface area contributed by atoms with Gasteiger partial charge in [0.05, 0.1) is 13.2 Å². The van der Waals surface area contributed by atoms with Crippen LogP contribution in [0.15, 0.2) is 0 Å². The number of likely N-dealkylation sites (tertiary alicyclic amines) is 2. The van der Waals surface area contributed by atoms with Gasteiger partial charge in [-0.05, 0) is 51.6 Å². The Morgan fingerprint density at radius 2 is 1.16 bits per heavy atom. The molecule has 0 unspecified atom stereocenters. The topological polar surface area (TPSA) is 53.1 Å². The van der Waals surface area contributed by atoms with Gasteiger partial charge >= 0.3 is 0 Å². The highest BCUT2D eigenvalue weighted by Crippen LogP contribution is 2.32. The predicted molar refractivity (Wildman–Crippen MR) is 94.0 cm³/mol. The number of rotatable bonds is 3. The van der Waals surface area contributed by atoms with Gasteiger partial charge in [0.15, 0.2) is 0 Å². The van der Waals surface area contributed by atoms with Gasteiger partial charge in [-0.15, -0.1) is 0 Å². The molecule has 4 fully saturated rings. The summed E-state index contributed by atoms with van der Waals surface area (Å²) in [5.74, 6) is 1.28. The van der Waals surface area contributed by atoms with E-state index in [1.54, 1.807) is 0 Å². The Kier molecular flexibility index (Phi) is 5.27. The number of hydrogen-bond donors (Lipinski definition) is 0. The number of carbonyl (C=O) groups is 2. The van der Waals surface area contributed by atoms with Gasteiger partial charge in [0.1, 0.15) is 0 Å². The van der Waals surface area contributed by atoms with Crippen molar-refractivity contribution in [1.29, 1.82) is 0 Å². The smallest absolute Gasteiger partial charge is 0.225 e. The monoisotopic (exact) mass is 349 g/mol. The molecule has 0 aromatic heterocycles. The molecule has 0 aromatic carbocycles. The molecule has 0 radical (unpaired) electrons. The van der Waals surface area contributed by atoms with Gasteiger partial charge in [-0.3, -0.25) is 9.59 Å². The van der Waals surface area contributed by atoms with E-state index in [2.05, 4.69) is 9.80 Å². The number of morpholine rings is 1. The summed E-state index contributed by atoms with van der Waals surface area (Å²) in [7, 11) is 0. The number of amides is 2. The molecule has 3 aliphatic heterocycles. The molecule has 4 rings (SSSR count). The molecule has 2 amide bonds. The molecule has 4 aliphatic rings. The average molecular weight is 349 g/mol. The van der Waals surface area contributed by atoms with Crippen LogP contribution in [0.5, 0.6) is 0 Å². The van der Waals surface area contributed by atoms with Crippen molar-refractivity contribution >= 4 is 11.8 Å². The molecule has 1 aliphatic carbocycles. The Morgan fingerprint density at radius 1 is 0.640 bits per heavy atom. The molecule has 3 saturated heterocycles. The predicted octanol–water partition coefficient (Wildman–Crippen LogP) is 0.958. The van der Waals surface area contributed by atoms with Crippen LogP contribution < -0.4 is 0 Å². The van der Waals surface area contributed by atoms with E-state index in [4.69, 9.17) is 4.74 Å². The van der Waals surface area contributed by atoms with E-state index in [0.717, 1.165) is 77.8 Å². The molecule has 6 heteroatoms. The second kappa shape index (κ2) is 7.62. The van der Waals surface area contributed by atoms with E-state index >= 15 is 0 Å². The van der Waals surface area contributed by atoms with Crippen molar-refractivity contribution in [2.24, 2.45) is 11.8 Å². The van der Waals surface area contributed by atoms with Gasteiger partial charge in [-0.2, -0.15) is 0 Å². The molecule has 25 heavy (non-hydrogen) atoms. The maximum atomic E-state index is 12.6. The van der Waals surface area contributed by atoms with Crippen LogP contribution >= 0.6 is 0 Å². The van der Waals surface area contributed by atoms with Crippen LogP contribution in [0.4, 0.5) is 0 Å². The SMILES string of the molecule is O=C(C1CCN(C2CCN(C(=O)C3CC3)CC2)CC1)N1CCOCC1. The lowest BCUT2D eigenvalue weighted by atomic mass is 9.92. The van der Waals surface area contributed by atoms with Crippen LogP contribution in [-0.2, 0) is 14.3 Å². The van der Waals surface area contributed by atoms with Crippen molar-refractivity contribution in [1.82, 2.24) is 14.7 Å². The largest absolute Gasteiger partial charge is 0.378 e. The zero-order chi connectivity index (χ0) is 17.2. The molecule has 3 heterocycles. The summed E-state index contributed by atoms with van der Waals surface area (Å²) in [5, 5.41) is 0. The molecular weight excluding hydrogens is 318 g/mol. The Balaban J connectivity index is 1.21. The fourth-order valence-corrected chi connectivity index (χ4v) is 4.59. The summed E-state index contributed by atoms with van der Waals surface area (Å²) in [6.45, 7) is 6.79. The van der Waals surface area contributed by atoms with Gasteiger partial charge in [0.25, 0.3) is 0 Å². The number of carbonyl (C=O) groups excluding carboxylic acids is 2. The molecular formula is C19H31N3O3. The second-order valence-electron chi connectivity index (χ2n) is 8.08. The first-order valence-electron chi connectivity index (χ1n) is 10.1. The zero-order valence-electron chi connectivity index (χ0n) is 15.2. The maximum absolute atomic E-state index is 12.6. The van der Waals surface area contributed by atoms with E-state index in [1.165, 1.54) is 0 Å². The summed E-state index contributed by atoms with van der Waals surface area (Å²) >= 11 is 0. The number of hydrogen-bond acceptors (Lipinski definition) is 4. The fraction of sp³-hybridized carbons (Fsp3) is 0.895. The molecule has 0 aromatic rings. The van der Waals surface area contributed by atoms with E-state index in [9.17, 15) is 9.59 Å². The third kappa shape index (κ3) is 4.00. The van der Waals surface area contributed by atoms with Crippen LogP contribution in [0.3, 0.4) is 0 Å². The van der Waals surface area contributed by atoms with Gasteiger partial charge in [-0.25, -0.2) is 0 Å². The van der Waals surface area contributed by atoms with Gasteiger partial charge < -0.3 is 19.4 Å². The summed E-state index contributed by atoms with van der Waals surface area (Å²) in [5.41, 5.74) is 0. The Hall–Kier alpha value is -1.14. The third-order valence-electron chi connectivity index (χ3n) is 6.42. The maximum Gasteiger partial charge on any atom is 0.225 e. The van der Waals surface area contributed by atoms with Gasteiger partial charge in [0.2, 0.25) is 11.8 Å². The lowest BCUT2D eigenvalue weighted by molar-refractivity contribution is -0.142. The molecule has 1 saturated carbocycles. The standard InChI is InChI=1S/C19H31N3O3/c23-18(15-1-2-15)21-9-5-17(6-10-21)20-7-3-16(4-8-20)19(24)22-11-13-25-14-12-22/h15-17H,1-14H2. The van der Waals surface area contributed by atoms with E-state index in [1.807, 2.05) is 4.90 Å². The Bertz CT molecular complexity index is 486. The summed E-state index contributed by atoms with van der Waals surface area (Å²) < 4.78 is 5.35.